The maximum absolute atomic E-state index is 5.87. The lowest BCUT2D eigenvalue weighted by atomic mass is 10.1. The monoisotopic (exact) mass is 477 g/mol. The molecule has 0 atom stereocenters. The molecule has 3 aromatic rings. The molecule has 10 heteroatoms. The van der Waals surface area contributed by atoms with Gasteiger partial charge in [0.05, 0.1) is 34.0 Å². The summed E-state index contributed by atoms with van der Waals surface area (Å²) in [5, 5.41) is 3.26. The van der Waals surface area contributed by atoms with Crippen LogP contribution in [0.15, 0.2) is 64.8 Å². The Labute approximate surface area is 203 Å². The van der Waals surface area contributed by atoms with Crippen molar-refractivity contribution in [2.24, 2.45) is 9.98 Å². The van der Waals surface area contributed by atoms with Gasteiger partial charge in [-0.2, -0.15) is 0 Å². The molecule has 0 amide bonds. The summed E-state index contributed by atoms with van der Waals surface area (Å²) in [6, 6.07) is 12.8. The van der Waals surface area contributed by atoms with Crippen molar-refractivity contribution in [1.82, 2.24) is 9.97 Å². The molecule has 182 valence electrons. The number of anilines is 1. The molecule has 1 aliphatic rings. The summed E-state index contributed by atoms with van der Waals surface area (Å²) in [6.07, 6.45) is 3.30. The van der Waals surface area contributed by atoms with Crippen molar-refractivity contribution in [3.63, 3.8) is 0 Å². The van der Waals surface area contributed by atoms with Gasteiger partial charge in [0.1, 0.15) is 35.5 Å². The predicted octanol–water partition coefficient (Wildman–Crippen LogP) is 3.49. The van der Waals surface area contributed by atoms with E-state index in [1.165, 1.54) is 0 Å². The number of ether oxygens (including phenoxy) is 5. The van der Waals surface area contributed by atoms with Gasteiger partial charge in [-0.05, 0) is 30.3 Å². The number of hydrogen-bond donors (Lipinski definition) is 1. The molecule has 0 saturated heterocycles. The Kier molecular flexibility index (Phi) is 8.21. The Hall–Kier alpha value is -4.02. The van der Waals surface area contributed by atoms with E-state index in [4.69, 9.17) is 28.7 Å². The first-order chi connectivity index (χ1) is 17.2. The van der Waals surface area contributed by atoms with Gasteiger partial charge < -0.3 is 29.0 Å². The first kappa shape index (κ1) is 24.1. The summed E-state index contributed by atoms with van der Waals surface area (Å²) >= 11 is 0. The van der Waals surface area contributed by atoms with Gasteiger partial charge in [-0.25, -0.2) is 20.0 Å². The van der Waals surface area contributed by atoms with Gasteiger partial charge in [0.15, 0.2) is 11.7 Å². The van der Waals surface area contributed by atoms with E-state index in [0.29, 0.717) is 67.0 Å². The van der Waals surface area contributed by atoms with Gasteiger partial charge >= 0.3 is 0 Å². The van der Waals surface area contributed by atoms with Crippen LogP contribution in [0.5, 0.6) is 17.2 Å². The van der Waals surface area contributed by atoms with Crippen molar-refractivity contribution in [3.05, 3.63) is 66.0 Å². The molecule has 0 spiro atoms. The molecule has 0 saturated carbocycles. The Morgan fingerprint density at radius 3 is 2.34 bits per heavy atom. The minimum absolute atomic E-state index is 0.409. The fourth-order valence-corrected chi connectivity index (χ4v) is 3.30. The zero-order valence-electron chi connectivity index (χ0n) is 19.9. The van der Waals surface area contributed by atoms with Gasteiger partial charge in [0, 0.05) is 42.8 Å². The van der Waals surface area contributed by atoms with E-state index in [1.54, 1.807) is 58.0 Å². The summed E-state index contributed by atoms with van der Waals surface area (Å²) in [5.74, 6) is 4.21. The summed E-state index contributed by atoms with van der Waals surface area (Å²) in [5.41, 5.74) is 1.66. The van der Waals surface area contributed by atoms with E-state index >= 15 is 0 Å². The second-order valence-corrected chi connectivity index (χ2v) is 7.32. The van der Waals surface area contributed by atoms with Crippen LogP contribution >= 0.6 is 0 Å². The van der Waals surface area contributed by atoms with Crippen LogP contribution in [-0.4, -0.2) is 69.4 Å². The van der Waals surface area contributed by atoms with Crippen LogP contribution in [0.4, 0.5) is 11.6 Å². The summed E-state index contributed by atoms with van der Waals surface area (Å²) in [7, 11) is 4.85. The van der Waals surface area contributed by atoms with Gasteiger partial charge in [0.2, 0.25) is 0 Å². The van der Waals surface area contributed by atoms with Crippen LogP contribution in [0.25, 0.3) is 0 Å². The number of aromatic nitrogens is 2. The SMILES string of the molecule is COCCOCCOc1ccc2c(c1)C(=Nc1cc(OC)ccn1)N=C2Nc1cc(OC)ccn1. The number of pyridine rings is 2. The molecule has 1 aromatic carbocycles. The van der Waals surface area contributed by atoms with Gasteiger partial charge in [0.25, 0.3) is 0 Å². The molecular formula is C25H27N5O5. The molecule has 0 radical (unpaired) electrons. The first-order valence-corrected chi connectivity index (χ1v) is 11.0. The van der Waals surface area contributed by atoms with E-state index in [-0.39, 0.29) is 0 Å². The number of nitrogens with zero attached hydrogens (tertiary/aromatic N) is 4. The van der Waals surface area contributed by atoms with Crippen molar-refractivity contribution in [2.45, 2.75) is 0 Å². The lowest BCUT2D eigenvalue weighted by Crippen LogP contribution is -2.13. The van der Waals surface area contributed by atoms with Crippen LogP contribution in [-0.2, 0) is 9.47 Å². The van der Waals surface area contributed by atoms with E-state index < -0.39 is 0 Å². The Balaban J connectivity index is 1.60. The fraction of sp³-hybridized carbons (Fsp3) is 0.280. The number of methoxy groups -OCH3 is 3. The second-order valence-electron chi connectivity index (χ2n) is 7.32. The molecule has 4 rings (SSSR count). The fourth-order valence-electron chi connectivity index (χ4n) is 3.30. The van der Waals surface area contributed by atoms with Crippen molar-refractivity contribution in [3.8, 4) is 17.2 Å². The number of amidine groups is 2. The van der Waals surface area contributed by atoms with Crippen LogP contribution < -0.4 is 19.5 Å². The summed E-state index contributed by atoms with van der Waals surface area (Å²) in [4.78, 5) is 18.1. The van der Waals surface area contributed by atoms with Gasteiger partial charge in [-0.1, -0.05) is 0 Å². The normalized spacial score (nSPS) is 13.3. The van der Waals surface area contributed by atoms with E-state index in [9.17, 15) is 0 Å². The number of aliphatic imine (C=N–C) groups is 2. The molecule has 1 aliphatic heterocycles. The zero-order valence-corrected chi connectivity index (χ0v) is 19.9. The van der Waals surface area contributed by atoms with Crippen LogP contribution in [0.1, 0.15) is 11.1 Å². The maximum atomic E-state index is 5.87. The third-order valence-corrected chi connectivity index (χ3v) is 5.02. The molecule has 3 heterocycles. The second kappa shape index (κ2) is 11.9. The standard InChI is InChI=1S/C25H27N5O5/c1-31-10-11-34-12-13-35-19-4-5-20-21(14-19)25(29-23-16-18(33-3)7-9-27-23)30-24(20)28-22-15-17(32-2)6-8-26-22/h4-9,14-16H,10-13H2,1-3H3,(H,26,27,28,29,30). The number of fused-ring (bicyclic) bond motifs is 1. The lowest BCUT2D eigenvalue weighted by molar-refractivity contribution is 0.0544. The van der Waals surface area contributed by atoms with Gasteiger partial charge in [-0.15, -0.1) is 0 Å². The van der Waals surface area contributed by atoms with Gasteiger partial charge in [-0.3, -0.25) is 0 Å². The van der Waals surface area contributed by atoms with E-state index in [2.05, 4.69) is 20.3 Å². The Morgan fingerprint density at radius 2 is 1.54 bits per heavy atom. The van der Waals surface area contributed by atoms with E-state index in [0.717, 1.165) is 11.1 Å². The van der Waals surface area contributed by atoms with Crippen LogP contribution in [0, 0.1) is 0 Å². The molecule has 0 aliphatic carbocycles. The first-order valence-electron chi connectivity index (χ1n) is 11.0. The molecule has 0 unspecified atom stereocenters. The van der Waals surface area contributed by atoms with Crippen molar-refractivity contribution in [2.75, 3.05) is 53.1 Å². The number of benzene rings is 1. The Morgan fingerprint density at radius 1 is 0.771 bits per heavy atom. The summed E-state index contributed by atoms with van der Waals surface area (Å²) < 4.78 is 26.9. The largest absolute Gasteiger partial charge is 0.497 e. The molecule has 35 heavy (non-hydrogen) atoms. The number of hydrogen-bond acceptors (Lipinski definition) is 9. The van der Waals surface area contributed by atoms with E-state index in [1.807, 2.05) is 18.2 Å². The molecular weight excluding hydrogens is 450 g/mol. The number of rotatable bonds is 11. The average Bonchev–Trinajstić information content (AvgIpc) is 3.22. The highest BCUT2D eigenvalue weighted by Gasteiger charge is 2.23. The maximum Gasteiger partial charge on any atom is 0.164 e. The third kappa shape index (κ3) is 6.31. The van der Waals surface area contributed by atoms with Crippen molar-refractivity contribution in [1.29, 1.82) is 0 Å². The lowest BCUT2D eigenvalue weighted by Gasteiger charge is -2.10. The Bertz CT molecular complexity index is 1210. The highest BCUT2D eigenvalue weighted by atomic mass is 16.5. The molecule has 0 bridgehead atoms. The highest BCUT2D eigenvalue weighted by molar-refractivity contribution is 6.26. The quantitative estimate of drug-likeness (QED) is 0.418. The third-order valence-electron chi connectivity index (χ3n) is 5.02. The minimum Gasteiger partial charge on any atom is -0.497 e. The van der Waals surface area contributed by atoms with Crippen molar-refractivity contribution >= 4 is 23.3 Å². The average molecular weight is 478 g/mol. The molecule has 10 nitrogen and oxygen atoms in total. The topological polar surface area (TPSA) is 109 Å². The molecule has 0 fully saturated rings. The van der Waals surface area contributed by atoms with Crippen molar-refractivity contribution < 1.29 is 23.7 Å². The highest BCUT2D eigenvalue weighted by Crippen LogP contribution is 2.28. The van der Waals surface area contributed by atoms with Crippen LogP contribution in [0.3, 0.4) is 0 Å². The smallest absolute Gasteiger partial charge is 0.164 e. The number of nitrogens with one attached hydrogen (secondary N) is 1. The predicted molar refractivity (Wildman–Crippen MR) is 133 cm³/mol. The van der Waals surface area contributed by atoms with Crippen LogP contribution in [0.2, 0.25) is 0 Å². The minimum atomic E-state index is 0.409. The molecule has 1 N–H and O–H groups in total. The molecule has 2 aromatic heterocycles. The zero-order chi connectivity index (χ0) is 24.5. The summed E-state index contributed by atoms with van der Waals surface area (Å²) in [6.45, 7) is 1.94.